The third-order valence-corrected chi connectivity index (χ3v) is 12.6. The molecule has 0 fully saturated rings. The van der Waals surface area contributed by atoms with Crippen molar-refractivity contribution in [3.8, 4) is 11.1 Å². The van der Waals surface area contributed by atoms with Crippen molar-refractivity contribution in [2.24, 2.45) is 0 Å². The summed E-state index contributed by atoms with van der Waals surface area (Å²) in [6, 6.07) is 64.3. The molecule has 0 unspecified atom stereocenters. The van der Waals surface area contributed by atoms with Crippen molar-refractivity contribution in [3.05, 3.63) is 198 Å². The zero-order chi connectivity index (χ0) is 34.7. The van der Waals surface area contributed by atoms with Gasteiger partial charge in [-0.25, -0.2) is 0 Å². The van der Waals surface area contributed by atoms with E-state index in [4.69, 9.17) is 4.42 Å². The largest absolute Gasteiger partial charge is 0.456 e. The quantitative estimate of drug-likeness (QED) is 0.200. The minimum Gasteiger partial charge on any atom is -0.456 e. The van der Waals surface area contributed by atoms with Crippen LogP contribution in [-0.2, 0) is 5.41 Å². The fourth-order valence-corrected chi connectivity index (χ4v) is 10.5. The number of thiophene rings is 1. The van der Waals surface area contributed by atoms with Crippen LogP contribution in [0.5, 0.6) is 0 Å². The topological polar surface area (TPSA) is 28.4 Å². The number of para-hydroxylation sites is 3. The minimum absolute atomic E-state index is 0.494. The van der Waals surface area contributed by atoms with Crippen LogP contribution in [0.3, 0.4) is 0 Å². The number of hydrogen-bond acceptors (Lipinski definition) is 4. The van der Waals surface area contributed by atoms with E-state index in [-0.39, 0.29) is 0 Å². The molecule has 0 atom stereocenters. The first-order valence-corrected chi connectivity index (χ1v) is 18.9. The smallest absolute Gasteiger partial charge is 0.135 e. The molecular weight excluding hydrogens is 665 g/mol. The average molecular weight is 695 g/mol. The molecule has 0 bridgehead atoms. The average Bonchev–Trinajstić information content (AvgIpc) is 3.87. The maximum atomic E-state index is 6.33. The highest BCUT2D eigenvalue weighted by atomic mass is 32.1. The normalized spacial score (nSPS) is 13.6. The first kappa shape index (κ1) is 29.0. The first-order valence-electron chi connectivity index (χ1n) is 18.1. The van der Waals surface area contributed by atoms with Crippen molar-refractivity contribution in [1.29, 1.82) is 0 Å². The summed E-state index contributed by atoms with van der Waals surface area (Å²) in [5.41, 5.74) is 14.6. The summed E-state index contributed by atoms with van der Waals surface area (Å²) in [5.74, 6) is 0. The van der Waals surface area contributed by atoms with E-state index >= 15 is 0 Å². The molecule has 8 aromatic carbocycles. The van der Waals surface area contributed by atoms with Crippen LogP contribution in [0.2, 0.25) is 0 Å². The third kappa shape index (κ3) is 3.88. The van der Waals surface area contributed by atoms with Gasteiger partial charge >= 0.3 is 0 Å². The fourth-order valence-electron chi connectivity index (χ4n) is 9.34. The van der Waals surface area contributed by atoms with Crippen LogP contribution >= 0.6 is 11.3 Å². The zero-order valence-electron chi connectivity index (χ0n) is 28.5. The molecule has 1 N–H and O–H groups in total. The maximum Gasteiger partial charge on any atom is 0.135 e. The van der Waals surface area contributed by atoms with E-state index in [1.54, 1.807) is 0 Å². The van der Waals surface area contributed by atoms with Crippen molar-refractivity contribution >= 4 is 81.9 Å². The van der Waals surface area contributed by atoms with E-state index in [0.29, 0.717) is 0 Å². The predicted octanol–water partition coefficient (Wildman–Crippen LogP) is 13.8. The molecule has 0 saturated carbocycles. The Hall–Kier alpha value is -6.62. The number of furan rings is 1. The van der Waals surface area contributed by atoms with Crippen LogP contribution < -0.4 is 10.2 Å². The molecule has 2 aliphatic rings. The Bertz CT molecular complexity index is 3090. The van der Waals surface area contributed by atoms with Crippen molar-refractivity contribution in [2.45, 2.75) is 5.41 Å². The molecule has 1 spiro atoms. The molecule has 1 aliphatic carbocycles. The Morgan fingerprint density at radius 2 is 1.08 bits per heavy atom. The molecule has 0 saturated heterocycles. The van der Waals surface area contributed by atoms with Crippen LogP contribution in [0.4, 0.5) is 28.4 Å². The van der Waals surface area contributed by atoms with Gasteiger partial charge in [-0.05, 0) is 88.5 Å². The Balaban J connectivity index is 1.18. The molecule has 248 valence electrons. The number of nitrogens with one attached hydrogen (secondary N) is 1. The number of fused-ring (bicyclic) bond motifs is 15. The van der Waals surface area contributed by atoms with Gasteiger partial charge < -0.3 is 14.6 Å². The van der Waals surface area contributed by atoms with Gasteiger partial charge in [-0.2, -0.15) is 0 Å². The second-order valence-corrected chi connectivity index (χ2v) is 15.2. The highest BCUT2D eigenvalue weighted by Gasteiger charge is 2.51. The molecule has 1 aliphatic heterocycles. The van der Waals surface area contributed by atoms with Crippen molar-refractivity contribution < 1.29 is 4.42 Å². The van der Waals surface area contributed by atoms with E-state index in [1.165, 1.54) is 53.6 Å². The summed E-state index contributed by atoms with van der Waals surface area (Å²) < 4.78 is 8.90. The molecule has 4 heteroatoms. The summed E-state index contributed by atoms with van der Waals surface area (Å²) in [6.07, 6.45) is 0. The summed E-state index contributed by atoms with van der Waals surface area (Å²) >= 11 is 1.86. The van der Waals surface area contributed by atoms with Gasteiger partial charge in [0.2, 0.25) is 0 Å². The monoisotopic (exact) mass is 694 g/mol. The predicted molar refractivity (Wildman–Crippen MR) is 222 cm³/mol. The summed E-state index contributed by atoms with van der Waals surface area (Å²) in [4.78, 5) is 2.47. The Morgan fingerprint density at radius 1 is 0.453 bits per heavy atom. The van der Waals surface area contributed by atoms with Gasteiger partial charge in [0.05, 0.1) is 11.1 Å². The van der Waals surface area contributed by atoms with Crippen LogP contribution in [0.1, 0.15) is 22.3 Å². The fraction of sp³-hybridized carbons (Fsp3) is 0.0204. The number of rotatable bonds is 3. The number of hydrogen-bond donors (Lipinski definition) is 1. The maximum absolute atomic E-state index is 6.33. The lowest BCUT2D eigenvalue weighted by Gasteiger charge is -2.40. The van der Waals surface area contributed by atoms with Gasteiger partial charge in [-0.15, -0.1) is 11.3 Å². The van der Waals surface area contributed by atoms with Crippen LogP contribution in [0, 0.1) is 0 Å². The van der Waals surface area contributed by atoms with Gasteiger partial charge in [0.1, 0.15) is 11.2 Å². The van der Waals surface area contributed by atoms with Crippen LogP contribution in [0.25, 0.3) is 53.2 Å². The second-order valence-electron chi connectivity index (χ2n) is 14.1. The Labute approximate surface area is 310 Å². The van der Waals surface area contributed by atoms with E-state index < -0.39 is 5.41 Å². The lowest BCUT2D eigenvalue weighted by molar-refractivity contribution is 0.669. The highest BCUT2D eigenvalue weighted by molar-refractivity contribution is 7.25. The molecular formula is C49H30N2OS. The molecule has 12 rings (SSSR count). The molecule has 3 heterocycles. The van der Waals surface area contributed by atoms with E-state index in [9.17, 15) is 0 Å². The van der Waals surface area contributed by atoms with Crippen molar-refractivity contribution in [1.82, 2.24) is 0 Å². The van der Waals surface area contributed by atoms with Gasteiger partial charge in [0, 0.05) is 59.3 Å². The zero-order valence-corrected chi connectivity index (χ0v) is 29.3. The Morgan fingerprint density at radius 3 is 1.92 bits per heavy atom. The standard InChI is InChI=1S/C49H30N2OS/c1-4-15-37-35(14-1)48-40(49(37)38-16-5-7-19-41(38)50-42-20-8-6-17-39(42)49)18-11-21-43(48)51(30-25-27-45-36(28-30)32-12-2-9-22-44(32)52-45)31-24-26-34-33-13-3-10-23-46(33)53-47(34)29-31/h1-29,50H. The lowest BCUT2D eigenvalue weighted by atomic mass is 9.65. The molecule has 53 heavy (non-hydrogen) atoms. The van der Waals surface area contributed by atoms with Gasteiger partial charge in [-0.1, -0.05) is 115 Å². The molecule has 0 amide bonds. The molecule has 10 aromatic rings. The van der Waals surface area contributed by atoms with Crippen LogP contribution in [0.15, 0.2) is 180 Å². The molecule has 2 aromatic heterocycles. The van der Waals surface area contributed by atoms with Gasteiger partial charge in [0.25, 0.3) is 0 Å². The summed E-state index contributed by atoms with van der Waals surface area (Å²) in [7, 11) is 0. The van der Waals surface area contributed by atoms with Crippen molar-refractivity contribution in [2.75, 3.05) is 10.2 Å². The number of anilines is 5. The van der Waals surface area contributed by atoms with E-state index in [2.05, 4.69) is 180 Å². The highest BCUT2D eigenvalue weighted by Crippen LogP contribution is 2.63. The van der Waals surface area contributed by atoms with Crippen molar-refractivity contribution in [3.63, 3.8) is 0 Å². The number of benzene rings is 8. The van der Waals surface area contributed by atoms with Gasteiger partial charge in [0.15, 0.2) is 0 Å². The lowest BCUT2D eigenvalue weighted by Crippen LogP contribution is -2.33. The van der Waals surface area contributed by atoms with E-state index in [0.717, 1.165) is 50.4 Å². The number of nitrogens with zero attached hydrogens (tertiary/aromatic N) is 1. The third-order valence-electron chi connectivity index (χ3n) is 11.5. The SMILES string of the molecule is c1ccc2c(c1)Nc1ccccc1C21c2ccccc2-c2c(N(c3ccc4c(c3)sc3ccccc34)c3ccc4oc5ccccc5c4c3)cccc21. The Kier molecular flexibility index (Phi) is 5.86. The van der Waals surface area contributed by atoms with Gasteiger partial charge in [-0.3, -0.25) is 0 Å². The first-order chi connectivity index (χ1) is 26.3. The van der Waals surface area contributed by atoms with Crippen LogP contribution in [-0.4, -0.2) is 0 Å². The minimum atomic E-state index is -0.494. The molecule has 0 radical (unpaired) electrons. The van der Waals surface area contributed by atoms with E-state index in [1.807, 2.05) is 17.4 Å². The summed E-state index contributed by atoms with van der Waals surface area (Å²) in [6.45, 7) is 0. The second kappa shape index (κ2) is 10.7. The molecule has 3 nitrogen and oxygen atoms in total. The summed E-state index contributed by atoms with van der Waals surface area (Å²) in [5, 5.41) is 8.60.